The van der Waals surface area contributed by atoms with Crippen LogP contribution in [-0.4, -0.2) is 41.0 Å². The van der Waals surface area contributed by atoms with Crippen molar-refractivity contribution in [3.8, 4) is 0 Å². The largest absolute Gasteiger partial charge is 0.330 e. The fourth-order valence-electron chi connectivity index (χ4n) is 3.16. The first kappa shape index (κ1) is 12.1. The average molecular weight is 265 g/mol. The predicted molar refractivity (Wildman–Crippen MR) is 72.1 cm³/mol. The number of hydrogen-bond donors (Lipinski definition) is 1. The van der Waals surface area contributed by atoms with E-state index in [2.05, 4.69) is 15.2 Å². The number of aryl methyl sites for hydroxylation is 2. The van der Waals surface area contributed by atoms with E-state index < -0.39 is 0 Å². The highest BCUT2D eigenvalue weighted by molar-refractivity contribution is 7.11. The van der Waals surface area contributed by atoms with Crippen LogP contribution in [0.3, 0.4) is 0 Å². The molecule has 3 heterocycles. The van der Waals surface area contributed by atoms with Crippen molar-refractivity contribution in [2.45, 2.75) is 45.2 Å². The van der Waals surface area contributed by atoms with Gasteiger partial charge in [0.2, 0.25) is 0 Å². The highest BCUT2D eigenvalue weighted by Gasteiger charge is 2.39. The van der Waals surface area contributed by atoms with Crippen LogP contribution in [0.5, 0.6) is 0 Å². The molecule has 3 rings (SSSR count). The third-order valence-corrected chi connectivity index (χ3v) is 4.88. The van der Waals surface area contributed by atoms with Crippen molar-refractivity contribution in [2.75, 3.05) is 13.1 Å². The molecule has 2 fully saturated rings. The van der Waals surface area contributed by atoms with Crippen LogP contribution in [0, 0.1) is 13.8 Å². The summed E-state index contributed by atoms with van der Waals surface area (Å²) in [5.41, 5.74) is 0.677. The molecule has 2 atom stereocenters. The van der Waals surface area contributed by atoms with E-state index in [1.165, 1.54) is 0 Å². The SMILES string of the molecule is Cc1nc(C(=O)N2[C@@H]3CCNC[C@H]2CC3)c(C)s1. The van der Waals surface area contributed by atoms with Crippen LogP contribution in [0.2, 0.25) is 0 Å². The third-order valence-electron chi connectivity index (χ3n) is 3.99. The summed E-state index contributed by atoms with van der Waals surface area (Å²) in [7, 11) is 0. The van der Waals surface area contributed by atoms with Gasteiger partial charge in [-0.25, -0.2) is 4.98 Å². The summed E-state index contributed by atoms with van der Waals surface area (Å²) in [5.74, 6) is 0.146. The number of nitrogens with zero attached hydrogens (tertiary/aromatic N) is 2. The van der Waals surface area contributed by atoms with Crippen LogP contribution < -0.4 is 5.32 Å². The molecule has 2 bridgehead atoms. The molecule has 1 aromatic heterocycles. The molecule has 0 saturated carbocycles. The van der Waals surface area contributed by atoms with Gasteiger partial charge >= 0.3 is 0 Å². The van der Waals surface area contributed by atoms with Crippen molar-refractivity contribution < 1.29 is 4.79 Å². The van der Waals surface area contributed by atoms with Crippen molar-refractivity contribution in [1.29, 1.82) is 0 Å². The number of hydrogen-bond acceptors (Lipinski definition) is 4. The molecule has 1 N–H and O–H groups in total. The molecule has 5 heteroatoms. The summed E-state index contributed by atoms with van der Waals surface area (Å²) in [4.78, 5) is 20.3. The Kier molecular flexibility index (Phi) is 3.11. The Morgan fingerprint density at radius 3 is 2.83 bits per heavy atom. The van der Waals surface area contributed by atoms with E-state index in [9.17, 15) is 4.79 Å². The molecule has 1 aromatic rings. The van der Waals surface area contributed by atoms with Crippen molar-refractivity contribution in [1.82, 2.24) is 15.2 Å². The topological polar surface area (TPSA) is 45.2 Å². The van der Waals surface area contributed by atoms with Gasteiger partial charge in [-0.05, 0) is 39.7 Å². The first-order chi connectivity index (χ1) is 8.66. The minimum Gasteiger partial charge on any atom is -0.330 e. The van der Waals surface area contributed by atoms with E-state index in [0.717, 1.165) is 42.2 Å². The Labute approximate surface area is 111 Å². The Morgan fingerprint density at radius 2 is 2.11 bits per heavy atom. The summed E-state index contributed by atoms with van der Waals surface area (Å²) >= 11 is 1.62. The van der Waals surface area contributed by atoms with Gasteiger partial charge in [-0.2, -0.15) is 0 Å². The molecule has 0 spiro atoms. The third kappa shape index (κ3) is 1.95. The molecular formula is C13H19N3OS. The first-order valence-corrected chi connectivity index (χ1v) is 7.46. The number of rotatable bonds is 1. The van der Waals surface area contributed by atoms with Crippen molar-refractivity contribution in [3.05, 3.63) is 15.6 Å². The second-order valence-electron chi connectivity index (χ2n) is 5.23. The van der Waals surface area contributed by atoms with Gasteiger partial charge in [0.05, 0.1) is 5.01 Å². The number of fused-ring (bicyclic) bond motifs is 2. The Bertz CT molecular complexity index is 457. The van der Waals surface area contributed by atoms with Crippen molar-refractivity contribution >= 4 is 17.2 Å². The van der Waals surface area contributed by atoms with E-state index in [4.69, 9.17) is 0 Å². The minimum atomic E-state index is 0.146. The fraction of sp³-hybridized carbons (Fsp3) is 0.692. The van der Waals surface area contributed by atoms with Gasteiger partial charge < -0.3 is 10.2 Å². The van der Waals surface area contributed by atoms with E-state index >= 15 is 0 Å². The molecule has 98 valence electrons. The molecule has 2 saturated heterocycles. The number of carbonyl (C=O) groups excluding carboxylic acids is 1. The lowest BCUT2D eigenvalue weighted by atomic mass is 10.1. The predicted octanol–water partition coefficient (Wildman–Crippen LogP) is 1.73. The van der Waals surface area contributed by atoms with Crippen LogP contribution in [0.25, 0.3) is 0 Å². The van der Waals surface area contributed by atoms with E-state index in [-0.39, 0.29) is 5.91 Å². The molecule has 0 aliphatic carbocycles. The fourth-order valence-corrected chi connectivity index (χ4v) is 3.97. The smallest absolute Gasteiger partial charge is 0.274 e. The Hall–Kier alpha value is -0.940. The quantitative estimate of drug-likeness (QED) is 0.841. The summed E-state index contributed by atoms with van der Waals surface area (Å²) in [6.07, 6.45) is 3.36. The van der Waals surface area contributed by atoms with Crippen LogP contribution in [0.15, 0.2) is 0 Å². The van der Waals surface area contributed by atoms with Crippen LogP contribution in [0.1, 0.15) is 39.6 Å². The lowest BCUT2D eigenvalue weighted by molar-refractivity contribution is 0.0674. The zero-order valence-electron chi connectivity index (χ0n) is 10.9. The van der Waals surface area contributed by atoms with Gasteiger partial charge in [0.15, 0.2) is 0 Å². The minimum absolute atomic E-state index is 0.146. The van der Waals surface area contributed by atoms with Gasteiger partial charge in [0.25, 0.3) is 5.91 Å². The highest BCUT2D eigenvalue weighted by atomic mass is 32.1. The second kappa shape index (κ2) is 4.63. The summed E-state index contributed by atoms with van der Waals surface area (Å²) in [5, 5.41) is 4.41. The molecular weight excluding hydrogens is 246 g/mol. The second-order valence-corrected chi connectivity index (χ2v) is 6.64. The first-order valence-electron chi connectivity index (χ1n) is 6.64. The average Bonchev–Trinajstić information content (AvgIpc) is 2.76. The Balaban J connectivity index is 1.90. The summed E-state index contributed by atoms with van der Waals surface area (Å²) in [6.45, 7) is 5.92. The maximum Gasteiger partial charge on any atom is 0.274 e. The van der Waals surface area contributed by atoms with Gasteiger partial charge in [-0.3, -0.25) is 4.79 Å². The molecule has 0 aromatic carbocycles. The number of thiazole rings is 1. The van der Waals surface area contributed by atoms with Crippen LogP contribution in [-0.2, 0) is 0 Å². The number of amides is 1. The van der Waals surface area contributed by atoms with Crippen molar-refractivity contribution in [3.63, 3.8) is 0 Å². The normalized spacial score (nSPS) is 27.3. The Morgan fingerprint density at radius 1 is 1.33 bits per heavy atom. The maximum absolute atomic E-state index is 12.7. The number of carbonyl (C=O) groups is 1. The summed E-state index contributed by atoms with van der Waals surface area (Å²) < 4.78 is 0. The van der Waals surface area contributed by atoms with Crippen LogP contribution in [0.4, 0.5) is 0 Å². The standard InChI is InChI=1S/C13H19N3OS/c1-8-12(15-9(2)18-8)13(17)16-10-3-4-11(16)7-14-6-5-10/h10-11,14H,3-7H2,1-2H3/t10-,11+/m0/s1. The molecule has 2 aliphatic heterocycles. The molecule has 0 unspecified atom stereocenters. The molecule has 1 amide bonds. The monoisotopic (exact) mass is 265 g/mol. The lowest BCUT2D eigenvalue weighted by Crippen LogP contribution is -2.42. The van der Waals surface area contributed by atoms with E-state index in [1.807, 2.05) is 13.8 Å². The van der Waals surface area contributed by atoms with Crippen molar-refractivity contribution in [2.24, 2.45) is 0 Å². The summed E-state index contributed by atoms with van der Waals surface area (Å²) in [6, 6.07) is 0.783. The molecule has 2 aliphatic rings. The van der Waals surface area contributed by atoms with Gasteiger partial charge in [-0.1, -0.05) is 0 Å². The van der Waals surface area contributed by atoms with Crippen LogP contribution >= 0.6 is 11.3 Å². The number of nitrogens with one attached hydrogen (secondary N) is 1. The van der Waals surface area contributed by atoms with Gasteiger partial charge in [0.1, 0.15) is 5.69 Å². The molecule has 18 heavy (non-hydrogen) atoms. The zero-order valence-corrected chi connectivity index (χ0v) is 11.7. The zero-order chi connectivity index (χ0) is 12.7. The maximum atomic E-state index is 12.7. The number of aromatic nitrogens is 1. The molecule has 0 radical (unpaired) electrons. The van der Waals surface area contributed by atoms with E-state index in [1.54, 1.807) is 11.3 Å². The van der Waals surface area contributed by atoms with Gasteiger partial charge in [0, 0.05) is 23.5 Å². The van der Waals surface area contributed by atoms with Gasteiger partial charge in [-0.15, -0.1) is 11.3 Å². The molecule has 4 nitrogen and oxygen atoms in total. The van der Waals surface area contributed by atoms with E-state index in [0.29, 0.717) is 17.8 Å². The highest BCUT2D eigenvalue weighted by Crippen LogP contribution is 2.30. The lowest BCUT2D eigenvalue weighted by Gasteiger charge is -2.27.